The molecule has 9 heteroatoms. The van der Waals surface area contributed by atoms with Gasteiger partial charge in [0.15, 0.2) is 5.78 Å². The van der Waals surface area contributed by atoms with Crippen molar-refractivity contribution in [2.45, 2.75) is 84.4 Å². The molecular weight excluding hydrogens is 576 g/mol. The Hall–Kier alpha value is -2.53. The maximum Gasteiger partial charge on any atom is 0.165 e. The highest BCUT2D eigenvalue weighted by molar-refractivity contribution is 5.89. The Morgan fingerprint density at radius 2 is 1.36 bits per heavy atom. The molecule has 0 heterocycles. The minimum atomic E-state index is -1.00. The summed E-state index contributed by atoms with van der Waals surface area (Å²) >= 11 is 0. The maximum absolute atomic E-state index is 14.2. The molecule has 0 N–H and O–H groups in total. The van der Waals surface area contributed by atoms with Crippen molar-refractivity contribution in [1.29, 1.82) is 0 Å². The van der Waals surface area contributed by atoms with Crippen LogP contribution in [-0.2, 0) is 46.4 Å². The third-order valence-electron chi connectivity index (χ3n) is 9.87. The fourth-order valence-corrected chi connectivity index (χ4v) is 6.97. The molecule has 0 aromatic heterocycles. The smallest absolute Gasteiger partial charge is 0.165 e. The summed E-state index contributed by atoms with van der Waals surface area (Å²) in [5.41, 5.74) is 0.0981. The number of ketones is 1. The standard InChI is InChI=1S/C36H52O9/c1-34(2)18-17-31(37)36(45-25-42-22-26-8-12-28(39-6)13-9-26)19-16-30(35(36,3)4)32(33(34)44-24-41-21-20-38-5)43-23-27-10-14-29(40-7)15-11-27/h8-15,30,32-33H,16-25H2,1-7H3/t30?,32-,33-,36?/m1/s1. The first-order chi connectivity index (χ1) is 21.6. The lowest BCUT2D eigenvalue weighted by Gasteiger charge is -2.46. The van der Waals surface area contributed by atoms with Crippen LogP contribution in [0.5, 0.6) is 11.5 Å². The monoisotopic (exact) mass is 628 g/mol. The first kappa shape index (κ1) is 35.3. The zero-order valence-corrected chi connectivity index (χ0v) is 28.1. The van der Waals surface area contributed by atoms with E-state index in [9.17, 15) is 4.79 Å². The van der Waals surface area contributed by atoms with Crippen molar-refractivity contribution in [3.63, 3.8) is 0 Å². The fourth-order valence-electron chi connectivity index (χ4n) is 6.97. The largest absolute Gasteiger partial charge is 0.497 e. The lowest BCUT2D eigenvalue weighted by molar-refractivity contribution is -0.213. The minimum absolute atomic E-state index is 0.0158. The van der Waals surface area contributed by atoms with Crippen LogP contribution in [-0.4, -0.2) is 71.7 Å². The normalized spacial score (nSPS) is 25.8. The predicted octanol–water partition coefficient (Wildman–Crippen LogP) is 6.35. The van der Waals surface area contributed by atoms with E-state index in [1.54, 1.807) is 21.3 Å². The van der Waals surface area contributed by atoms with Crippen molar-refractivity contribution < 1.29 is 42.7 Å². The van der Waals surface area contributed by atoms with Crippen molar-refractivity contribution in [3.8, 4) is 11.5 Å². The Morgan fingerprint density at radius 3 is 1.96 bits per heavy atom. The maximum atomic E-state index is 14.2. The summed E-state index contributed by atoms with van der Waals surface area (Å²) in [4.78, 5) is 14.2. The average Bonchev–Trinajstić information content (AvgIpc) is 3.31. The van der Waals surface area contributed by atoms with E-state index in [2.05, 4.69) is 27.7 Å². The summed E-state index contributed by atoms with van der Waals surface area (Å²) in [5.74, 6) is 1.67. The molecule has 2 unspecified atom stereocenters. The van der Waals surface area contributed by atoms with E-state index in [1.165, 1.54) is 0 Å². The average molecular weight is 629 g/mol. The highest BCUT2D eigenvalue weighted by Crippen LogP contribution is 2.58. The number of methoxy groups -OCH3 is 3. The van der Waals surface area contributed by atoms with E-state index >= 15 is 0 Å². The van der Waals surface area contributed by atoms with Crippen LogP contribution >= 0.6 is 0 Å². The molecule has 2 fully saturated rings. The van der Waals surface area contributed by atoms with Crippen molar-refractivity contribution in [3.05, 3.63) is 59.7 Å². The number of hydrogen-bond donors (Lipinski definition) is 0. The SMILES string of the molecule is COCCOCO[C@@H]1[C@H](OCc2ccc(OC)cc2)C2CCC(OCOCc3ccc(OC)cc3)(C(=O)CCC1(C)C)C2(C)C. The van der Waals surface area contributed by atoms with Gasteiger partial charge >= 0.3 is 0 Å². The minimum Gasteiger partial charge on any atom is -0.497 e. The van der Waals surface area contributed by atoms with Crippen molar-refractivity contribution in [1.82, 2.24) is 0 Å². The van der Waals surface area contributed by atoms with Crippen LogP contribution in [0.3, 0.4) is 0 Å². The molecule has 4 rings (SSSR count). The van der Waals surface area contributed by atoms with Crippen LogP contribution in [0, 0.1) is 16.7 Å². The zero-order chi connectivity index (χ0) is 32.5. The number of hydrogen-bond acceptors (Lipinski definition) is 9. The Morgan fingerprint density at radius 1 is 0.733 bits per heavy atom. The number of benzene rings is 2. The van der Waals surface area contributed by atoms with Crippen LogP contribution in [0.25, 0.3) is 0 Å². The van der Waals surface area contributed by atoms with E-state index in [0.29, 0.717) is 45.7 Å². The number of ether oxygens (including phenoxy) is 8. The van der Waals surface area contributed by atoms with Crippen LogP contribution in [0.15, 0.2) is 48.5 Å². The first-order valence-electron chi connectivity index (χ1n) is 15.9. The van der Waals surface area contributed by atoms with Gasteiger partial charge in [0.05, 0.1) is 52.9 Å². The van der Waals surface area contributed by atoms with Gasteiger partial charge in [-0.1, -0.05) is 52.0 Å². The molecule has 0 spiro atoms. The molecule has 4 atom stereocenters. The van der Waals surface area contributed by atoms with Crippen LogP contribution in [0.4, 0.5) is 0 Å². The van der Waals surface area contributed by atoms with Crippen LogP contribution < -0.4 is 9.47 Å². The summed E-state index contributed by atoms with van der Waals surface area (Å²) < 4.78 is 47.4. The predicted molar refractivity (Wildman–Crippen MR) is 170 cm³/mol. The molecule has 2 aromatic rings. The number of rotatable bonds is 16. The summed E-state index contributed by atoms with van der Waals surface area (Å²) in [7, 11) is 4.94. The molecule has 0 radical (unpaired) electrons. The molecule has 2 aliphatic carbocycles. The van der Waals surface area contributed by atoms with Crippen molar-refractivity contribution in [2.24, 2.45) is 16.7 Å². The molecule has 0 amide bonds. The number of carbonyl (C=O) groups excluding carboxylic acids is 1. The Labute approximate surface area is 268 Å². The molecule has 2 saturated carbocycles. The molecule has 0 aliphatic heterocycles. The molecule has 2 aliphatic rings. The second-order valence-corrected chi connectivity index (χ2v) is 13.3. The van der Waals surface area contributed by atoms with Crippen molar-refractivity contribution in [2.75, 3.05) is 48.1 Å². The lowest BCUT2D eigenvalue weighted by atomic mass is 9.67. The molecule has 45 heavy (non-hydrogen) atoms. The van der Waals surface area contributed by atoms with Gasteiger partial charge in [0.1, 0.15) is 30.7 Å². The third kappa shape index (κ3) is 8.25. The number of Topliss-reactive ketones (excluding diaryl/α,β-unsaturated/α-hetero) is 1. The topological polar surface area (TPSA) is 90.9 Å². The molecule has 2 bridgehead atoms. The van der Waals surface area contributed by atoms with Gasteiger partial charge in [0.25, 0.3) is 0 Å². The fraction of sp³-hybridized carbons (Fsp3) is 0.639. The van der Waals surface area contributed by atoms with Crippen molar-refractivity contribution >= 4 is 5.78 Å². The van der Waals surface area contributed by atoms with Gasteiger partial charge in [-0.25, -0.2) is 0 Å². The molecule has 250 valence electrons. The third-order valence-corrected chi connectivity index (χ3v) is 9.87. The lowest BCUT2D eigenvalue weighted by Crippen LogP contribution is -2.55. The molecular formula is C36H52O9. The second-order valence-electron chi connectivity index (χ2n) is 13.3. The summed E-state index contributed by atoms with van der Waals surface area (Å²) in [6.07, 6.45) is 1.70. The Bertz CT molecular complexity index is 1190. The molecule has 2 aromatic carbocycles. The van der Waals surface area contributed by atoms with Crippen LogP contribution in [0.1, 0.15) is 64.5 Å². The van der Waals surface area contributed by atoms with Gasteiger partial charge < -0.3 is 37.9 Å². The van der Waals surface area contributed by atoms with E-state index in [4.69, 9.17) is 37.9 Å². The highest BCUT2D eigenvalue weighted by Gasteiger charge is 2.64. The molecule has 0 saturated heterocycles. The quantitative estimate of drug-likeness (QED) is 0.156. The van der Waals surface area contributed by atoms with Gasteiger partial charge in [-0.2, -0.15) is 0 Å². The van der Waals surface area contributed by atoms with Gasteiger partial charge in [-0.3, -0.25) is 4.79 Å². The van der Waals surface area contributed by atoms with Gasteiger partial charge in [0.2, 0.25) is 0 Å². The van der Waals surface area contributed by atoms with E-state index < -0.39 is 11.0 Å². The number of fused-ring (bicyclic) bond motifs is 2. The Balaban J connectivity index is 1.57. The highest BCUT2D eigenvalue weighted by atomic mass is 16.7. The summed E-state index contributed by atoms with van der Waals surface area (Å²) in [5, 5.41) is 0. The summed E-state index contributed by atoms with van der Waals surface area (Å²) in [6, 6.07) is 15.6. The van der Waals surface area contributed by atoms with Gasteiger partial charge in [-0.05, 0) is 66.0 Å². The number of carbonyl (C=O) groups is 1. The summed E-state index contributed by atoms with van der Waals surface area (Å²) in [6.45, 7) is 10.4. The van der Waals surface area contributed by atoms with E-state index in [1.807, 2.05) is 48.5 Å². The van der Waals surface area contributed by atoms with E-state index in [0.717, 1.165) is 29.0 Å². The molecule has 9 nitrogen and oxygen atoms in total. The first-order valence-corrected chi connectivity index (χ1v) is 15.9. The van der Waals surface area contributed by atoms with Gasteiger partial charge in [-0.15, -0.1) is 0 Å². The van der Waals surface area contributed by atoms with Gasteiger partial charge in [0, 0.05) is 18.9 Å². The van der Waals surface area contributed by atoms with Crippen LogP contribution in [0.2, 0.25) is 0 Å². The van der Waals surface area contributed by atoms with E-state index in [-0.39, 0.29) is 42.9 Å². The Kier molecular flexibility index (Phi) is 12.4. The second kappa shape index (κ2) is 15.8. The zero-order valence-electron chi connectivity index (χ0n) is 28.1.